The Kier molecular flexibility index (Phi) is 6.76. The molecule has 0 bridgehead atoms. The molecule has 0 saturated carbocycles. The van der Waals surface area contributed by atoms with Crippen LogP contribution >= 0.6 is 0 Å². The van der Waals surface area contributed by atoms with Gasteiger partial charge < -0.3 is 4.90 Å². The van der Waals surface area contributed by atoms with Gasteiger partial charge in [0.25, 0.3) is 0 Å². The molecule has 0 rings (SSSR count). The average Bonchev–Trinajstić information content (AvgIpc) is 2.24. The summed E-state index contributed by atoms with van der Waals surface area (Å²) in [5.41, 5.74) is 1.13. The summed E-state index contributed by atoms with van der Waals surface area (Å²) in [5.74, 6) is 0.00148. The molecule has 1 amide bonds. The smallest absolute Gasteiger partial charge is 0.246 e. The van der Waals surface area contributed by atoms with E-state index in [0.717, 1.165) is 31.4 Å². The summed E-state index contributed by atoms with van der Waals surface area (Å²) in [4.78, 5) is 13.5. The van der Waals surface area contributed by atoms with Crippen molar-refractivity contribution in [3.63, 3.8) is 0 Å². The minimum atomic E-state index is 0.00148. The maximum absolute atomic E-state index is 11.6. The third-order valence-corrected chi connectivity index (χ3v) is 2.55. The highest BCUT2D eigenvalue weighted by molar-refractivity contribution is 5.87. The van der Waals surface area contributed by atoms with Crippen LogP contribution < -0.4 is 0 Å². The Morgan fingerprint density at radius 3 is 2.40 bits per heavy atom. The fraction of sp³-hybridized carbons (Fsp3) is 0.615. The number of rotatable bonds is 7. The molecule has 0 saturated heterocycles. The van der Waals surface area contributed by atoms with Gasteiger partial charge >= 0.3 is 0 Å². The van der Waals surface area contributed by atoms with Crippen molar-refractivity contribution >= 4 is 5.91 Å². The Labute approximate surface area is 93.7 Å². The van der Waals surface area contributed by atoms with Gasteiger partial charge in [0, 0.05) is 6.54 Å². The highest BCUT2D eigenvalue weighted by atomic mass is 16.2. The van der Waals surface area contributed by atoms with Crippen LogP contribution in [0.3, 0.4) is 0 Å². The summed E-state index contributed by atoms with van der Waals surface area (Å²) in [5, 5.41) is 0. The Bertz CT molecular complexity index is 233. The minimum absolute atomic E-state index is 0.00148. The van der Waals surface area contributed by atoms with Crippen LogP contribution in [0.4, 0.5) is 0 Å². The zero-order valence-corrected chi connectivity index (χ0v) is 10.3. The molecule has 0 radical (unpaired) electrons. The second-order valence-electron chi connectivity index (χ2n) is 3.82. The van der Waals surface area contributed by atoms with Crippen molar-refractivity contribution in [3.05, 3.63) is 24.8 Å². The Morgan fingerprint density at radius 2 is 2.00 bits per heavy atom. The fourth-order valence-corrected chi connectivity index (χ4v) is 1.60. The van der Waals surface area contributed by atoms with Crippen LogP contribution in [-0.4, -0.2) is 23.4 Å². The summed E-state index contributed by atoms with van der Waals surface area (Å²) in [6.45, 7) is 14.6. The molecule has 86 valence electrons. The first-order valence-electron chi connectivity index (χ1n) is 5.69. The summed E-state index contributed by atoms with van der Waals surface area (Å²) < 4.78 is 0. The first-order valence-corrected chi connectivity index (χ1v) is 5.69. The van der Waals surface area contributed by atoms with Crippen LogP contribution in [0.5, 0.6) is 0 Å². The molecule has 0 aliphatic carbocycles. The third kappa shape index (κ3) is 4.32. The predicted octanol–water partition coefficient (Wildman–Crippen LogP) is 3.16. The molecule has 0 aliphatic rings. The first-order chi connectivity index (χ1) is 7.08. The number of hydrogen-bond acceptors (Lipinski definition) is 1. The highest BCUT2D eigenvalue weighted by Crippen LogP contribution is 2.14. The van der Waals surface area contributed by atoms with Crippen LogP contribution in [0.2, 0.25) is 0 Å². The van der Waals surface area contributed by atoms with Gasteiger partial charge in [-0.2, -0.15) is 0 Å². The van der Waals surface area contributed by atoms with Crippen LogP contribution in [0.15, 0.2) is 24.8 Å². The number of carbonyl (C=O) groups excluding carboxylic acids is 1. The lowest BCUT2D eigenvalue weighted by Crippen LogP contribution is -2.39. The minimum Gasteiger partial charge on any atom is -0.333 e. The zero-order chi connectivity index (χ0) is 11.8. The normalized spacial score (nSPS) is 11.9. The molecule has 0 aliphatic heterocycles. The van der Waals surface area contributed by atoms with Gasteiger partial charge in [-0.25, -0.2) is 0 Å². The van der Waals surface area contributed by atoms with Crippen molar-refractivity contribution in [2.24, 2.45) is 0 Å². The van der Waals surface area contributed by atoms with Crippen molar-refractivity contribution in [3.8, 4) is 0 Å². The lowest BCUT2D eigenvalue weighted by Gasteiger charge is -2.29. The SMILES string of the molecule is C=CC(=O)N(CCC)C(C)C(=C)CCC. The van der Waals surface area contributed by atoms with E-state index < -0.39 is 0 Å². The molecule has 0 heterocycles. The molecule has 0 N–H and O–H groups in total. The molecule has 2 nitrogen and oxygen atoms in total. The van der Waals surface area contributed by atoms with Crippen molar-refractivity contribution in [1.29, 1.82) is 0 Å². The molecule has 2 heteroatoms. The second kappa shape index (κ2) is 7.27. The summed E-state index contributed by atoms with van der Waals surface area (Å²) in [6.07, 6.45) is 4.39. The maximum Gasteiger partial charge on any atom is 0.246 e. The Morgan fingerprint density at radius 1 is 1.40 bits per heavy atom. The maximum atomic E-state index is 11.6. The van der Waals surface area contributed by atoms with Gasteiger partial charge in [-0.15, -0.1) is 0 Å². The van der Waals surface area contributed by atoms with Gasteiger partial charge in [-0.3, -0.25) is 4.79 Å². The lowest BCUT2D eigenvalue weighted by molar-refractivity contribution is -0.127. The molecular formula is C13H23NO. The molecule has 1 atom stereocenters. The largest absolute Gasteiger partial charge is 0.333 e. The summed E-state index contributed by atoms with van der Waals surface area (Å²) >= 11 is 0. The number of hydrogen-bond donors (Lipinski definition) is 0. The molecule has 15 heavy (non-hydrogen) atoms. The quantitative estimate of drug-likeness (QED) is 0.466. The summed E-state index contributed by atoms with van der Waals surface area (Å²) in [6, 6.07) is 0.121. The van der Waals surface area contributed by atoms with Crippen molar-refractivity contribution in [2.75, 3.05) is 6.54 Å². The average molecular weight is 209 g/mol. The van der Waals surface area contributed by atoms with Gasteiger partial charge in [0.1, 0.15) is 0 Å². The monoisotopic (exact) mass is 209 g/mol. The van der Waals surface area contributed by atoms with E-state index in [9.17, 15) is 4.79 Å². The summed E-state index contributed by atoms with van der Waals surface area (Å²) in [7, 11) is 0. The number of nitrogens with zero attached hydrogens (tertiary/aromatic N) is 1. The van der Waals surface area contributed by atoms with E-state index in [1.165, 1.54) is 6.08 Å². The van der Waals surface area contributed by atoms with E-state index in [4.69, 9.17) is 0 Å². The van der Waals surface area contributed by atoms with E-state index in [1.807, 2.05) is 11.8 Å². The standard InChI is InChI=1S/C13H23NO/c1-6-9-11(4)12(5)14(10-7-2)13(15)8-3/h8,12H,3-4,6-7,9-10H2,1-2,5H3. The van der Waals surface area contributed by atoms with Gasteiger partial charge in [-0.05, 0) is 25.8 Å². The Hall–Kier alpha value is -1.05. The highest BCUT2D eigenvalue weighted by Gasteiger charge is 2.18. The van der Waals surface area contributed by atoms with Crippen molar-refractivity contribution < 1.29 is 4.79 Å². The van der Waals surface area contributed by atoms with Crippen LogP contribution in [-0.2, 0) is 4.79 Å². The molecule has 0 fully saturated rings. The van der Waals surface area contributed by atoms with E-state index in [-0.39, 0.29) is 11.9 Å². The molecular weight excluding hydrogens is 186 g/mol. The van der Waals surface area contributed by atoms with Gasteiger partial charge in [-0.1, -0.05) is 39.0 Å². The van der Waals surface area contributed by atoms with Gasteiger partial charge in [0.15, 0.2) is 0 Å². The van der Waals surface area contributed by atoms with Gasteiger partial charge in [0.05, 0.1) is 6.04 Å². The van der Waals surface area contributed by atoms with Crippen molar-refractivity contribution in [1.82, 2.24) is 4.90 Å². The molecule has 1 unspecified atom stereocenters. The molecule has 0 spiro atoms. The van der Waals surface area contributed by atoms with Crippen molar-refractivity contribution in [2.45, 2.75) is 46.1 Å². The molecule has 0 aromatic carbocycles. The topological polar surface area (TPSA) is 20.3 Å². The predicted molar refractivity (Wildman–Crippen MR) is 65.7 cm³/mol. The van der Waals surface area contributed by atoms with Crippen LogP contribution in [0.1, 0.15) is 40.0 Å². The fourth-order valence-electron chi connectivity index (χ4n) is 1.60. The van der Waals surface area contributed by atoms with Gasteiger partial charge in [0.2, 0.25) is 5.91 Å². The third-order valence-electron chi connectivity index (χ3n) is 2.55. The molecule has 0 aromatic rings. The van der Waals surface area contributed by atoms with E-state index in [1.54, 1.807) is 0 Å². The lowest BCUT2D eigenvalue weighted by atomic mass is 10.0. The van der Waals surface area contributed by atoms with E-state index in [0.29, 0.717) is 0 Å². The number of amides is 1. The van der Waals surface area contributed by atoms with E-state index in [2.05, 4.69) is 27.0 Å². The van der Waals surface area contributed by atoms with Crippen LogP contribution in [0.25, 0.3) is 0 Å². The second-order valence-corrected chi connectivity index (χ2v) is 3.82. The first kappa shape index (κ1) is 13.9. The van der Waals surface area contributed by atoms with E-state index >= 15 is 0 Å². The van der Waals surface area contributed by atoms with Crippen LogP contribution in [0, 0.1) is 0 Å². The molecule has 0 aromatic heterocycles. The zero-order valence-electron chi connectivity index (χ0n) is 10.3. The number of carbonyl (C=O) groups is 1. The Balaban J connectivity index is 4.53.